The summed E-state index contributed by atoms with van der Waals surface area (Å²) in [6, 6.07) is 8.96. The summed E-state index contributed by atoms with van der Waals surface area (Å²) in [4.78, 5) is 12.4. The molecule has 0 fully saturated rings. The number of halogens is 1. The molecule has 1 aliphatic heterocycles. The van der Waals surface area contributed by atoms with Crippen LogP contribution in [-0.4, -0.2) is 12.6 Å². The van der Waals surface area contributed by atoms with Crippen molar-refractivity contribution in [1.82, 2.24) is 0 Å². The van der Waals surface area contributed by atoms with Gasteiger partial charge in [0, 0.05) is 11.4 Å². The molecular formula is C17H17ClN2O3. The SMILES string of the molecule is CCOC(=O)C1=C(CC)OC(N)=C(C#N)[C@H]1c1ccc(Cl)cc1. The van der Waals surface area contributed by atoms with Gasteiger partial charge in [-0.05, 0) is 24.6 Å². The molecule has 6 heteroatoms. The minimum atomic E-state index is -0.625. The molecule has 23 heavy (non-hydrogen) atoms. The minimum absolute atomic E-state index is 0.0114. The summed E-state index contributed by atoms with van der Waals surface area (Å²) < 4.78 is 10.6. The van der Waals surface area contributed by atoms with E-state index in [9.17, 15) is 10.1 Å². The number of nitrogens with two attached hydrogens (primary N) is 1. The maximum absolute atomic E-state index is 12.4. The molecule has 5 nitrogen and oxygen atoms in total. The third kappa shape index (κ3) is 3.33. The lowest BCUT2D eigenvalue weighted by atomic mass is 9.82. The maximum atomic E-state index is 12.4. The van der Waals surface area contributed by atoms with Crippen LogP contribution in [0.25, 0.3) is 0 Å². The predicted octanol–water partition coefficient (Wildman–Crippen LogP) is 3.37. The second-order valence-electron chi connectivity index (χ2n) is 4.89. The van der Waals surface area contributed by atoms with E-state index < -0.39 is 11.9 Å². The first kappa shape index (κ1) is 16.9. The zero-order valence-electron chi connectivity index (χ0n) is 12.9. The van der Waals surface area contributed by atoms with Gasteiger partial charge in [-0.1, -0.05) is 30.7 Å². The summed E-state index contributed by atoms with van der Waals surface area (Å²) in [5, 5.41) is 10.0. The van der Waals surface area contributed by atoms with Crippen LogP contribution in [0.4, 0.5) is 0 Å². The quantitative estimate of drug-likeness (QED) is 0.854. The van der Waals surface area contributed by atoms with Crippen LogP contribution < -0.4 is 5.73 Å². The first-order valence-electron chi connectivity index (χ1n) is 7.26. The van der Waals surface area contributed by atoms with E-state index in [1.54, 1.807) is 31.2 Å². The van der Waals surface area contributed by atoms with Gasteiger partial charge in [0.1, 0.15) is 17.4 Å². The number of rotatable bonds is 4. The highest BCUT2D eigenvalue weighted by atomic mass is 35.5. The topological polar surface area (TPSA) is 85.3 Å². The van der Waals surface area contributed by atoms with Crippen molar-refractivity contribution < 1.29 is 14.3 Å². The molecule has 0 unspecified atom stereocenters. The lowest BCUT2D eigenvalue weighted by molar-refractivity contribution is -0.139. The van der Waals surface area contributed by atoms with E-state index >= 15 is 0 Å². The third-order valence-electron chi connectivity index (χ3n) is 3.52. The van der Waals surface area contributed by atoms with E-state index in [1.165, 1.54) is 0 Å². The average molecular weight is 333 g/mol. The Hall–Kier alpha value is -2.45. The highest BCUT2D eigenvalue weighted by Gasteiger charge is 2.36. The Kier molecular flexibility index (Phi) is 5.30. The second kappa shape index (κ2) is 7.21. The molecule has 0 radical (unpaired) electrons. The summed E-state index contributed by atoms with van der Waals surface area (Å²) in [7, 11) is 0. The number of esters is 1. The molecule has 1 aromatic rings. The molecule has 1 heterocycles. The Morgan fingerprint density at radius 2 is 2.04 bits per heavy atom. The van der Waals surface area contributed by atoms with Crippen molar-refractivity contribution in [2.24, 2.45) is 5.73 Å². The van der Waals surface area contributed by atoms with Gasteiger partial charge in [-0.3, -0.25) is 0 Å². The van der Waals surface area contributed by atoms with Crippen molar-refractivity contribution in [3.63, 3.8) is 0 Å². The van der Waals surface area contributed by atoms with Crippen molar-refractivity contribution in [2.75, 3.05) is 6.61 Å². The maximum Gasteiger partial charge on any atom is 0.338 e. The summed E-state index contributed by atoms with van der Waals surface area (Å²) >= 11 is 5.92. The van der Waals surface area contributed by atoms with Gasteiger partial charge in [0.15, 0.2) is 0 Å². The molecule has 1 aliphatic rings. The molecule has 0 saturated heterocycles. The van der Waals surface area contributed by atoms with Crippen LogP contribution in [0.3, 0.4) is 0 Å². The first-order chi connectivity index (χ1) is 11.0. The van der Waals surface area contributed by atoms with E-state index in [0.29, 0.717) is 22.8 Å². The molecule has 0 aromatic heterocycles. The smallest absolute Gasteiger partial charge is 0.338 e. The van der Waals surface area contributed by atoms with Crippen molar-refractivity contribution in [3.8, 4) is 6.07 Å². The number of hydrogen-bond acceptors (Lipinski definition) is 5. The number of nitrogens with zero attached hydrogens (tertiary/aromatic N) is 1. The molecule has 0 saturated carbocycles. The second-order valence-corrected chi connectivity index (χ2v) is 5.32. The number of allylic oxidation sites excluding steroid dienone is 2. The van der Waals surface area contributed by atoms with Gasteiger partial charge in [-0.25, -0.2) is 4.79 Å². The number of ether oxygens (including phenoxy) is 2. The molecule has 0 amide bonds. The Morgan fingerprint density at radius 3 is 2.57 bits per heavy atom. The number of carbonyl (C=O) groups is 1. The molecule has 120 valence electrons. The summed E-state index contributed by atoms with van der Waals surface area (Å²) in [5.74, 6) is -0.707. The lowest BCUT2D eigenvalue weighted by Gasteiger charge is -2.27. The fourth-order valence-electron chi connectivity index (χ4n) is 2.50. The minimum Gasteiger partial charge on any atom is -0.463 e. The van der Waals surface area contributed by atoms with Crippen LogP contribution in [0.5, 0.6) is 0 Å². The summed E-state index contributed by atoms with van der Waals surface area (Å²) in [6.45, 7) is 3.80. The van der Waals surface area contributed by atoms with Crippen molar-refractivity contribution >= 4 is 17.6 Å². The van der Waals surface area contributed by atoms with E-state index in [-0.39, 0.29) is 18.1 Å². The fraction of sp³-hybridized carbons (Fsp3) is 0.294. The Balaban J connectivity index is 2.63. The normalized spacial score (nSPS) is 17.6. The van der Waals surface area contributed by atoms with Crippen LogP contribution in [-0.2, 0) is 14.3 Å². The van der Waals surface area contributed by atoms with Gasteiger partial charge in [-0.15, -0.1) is 0 Å². The number of benzene rings is 1. The molecule has 1 aromatic carbocycles. The highest BCUT2D eigenvalue weighted by Crippen LogP contribution is 2.40. The van der Waals surface area contributed by atoms with Crippen LogP contribution in [0.15, 0.2) is 47.1 Å². The fourth-order valence-corrected chi connectivity index (χ4v) is 2.63. The third-order valence-corrected chi connectivity index (χ3v) is 3.77. The van der Waals surface area contributed by atoms with Crippen molar-refractivity contribution in [1.29, 1.82) is 5.26 Å². The Morgan fingerprint density at radius 1 is 1.39 bits per heavy atom. The van der Waals surface area contributed by atoms with Crippen molar-refractivity contribution in [3.05, 3.63) is 57.6 Å². The van der Waals surface area contributed by atoms with Gasteiger partial charge in [0.25, 0.3) is 0 Å². The number of carbonyl (C=O) groups excluding carboxylic acids is 1. The largest absolute Gasteiger partial charge is 0.463 e. The molecular weight excluding hydrogens is 316 g/mol. The van der Waals surface area contributed by atoms with E-state index in [4.69, 9.17) is 26.8 Å². The van der Waals surface area contributed by atoms with Gasteiger partial charge in [0.05, 0.1) is 18.1 Å². The monoisotopic (exact) mass is 332 g/mol. The highest BCUT2D eigenvalue weighted by molar-refractivity contribution is 6.30. The van der Waals surface area contributed by atoms with Gasteiger partial charge in [0.2, 0.25) is 5.88 Å². The van der Waals surface area contributed by atoms with Crippen LogP contribution in [0.1, 0.15) is 31.7 Å². The van der Waals surface area contributed by atoms with E-state index in [1.807, 2.05) is 13.0 Å². The Labute approximate surface area is 139 Å². The Bertz CT molecular complexity index is 714. The standard InChI is InChI=1S/C17H17ClN2O3/c1-3-13-15(17(21)22-4-2)14(12(9-19)16(20)23-13)10-5-7-11(18)8-6-10/h5-8,14H,3-4,20H2,1-2H3/t14-/m1/s1. The van der Waals surface area contributed by atoms with Gasteiger partial charge in [-0.2, -0.15) is 5.26 Å². The number of hydrogen-bond donors (Lipinski definition) is 1. The molecule has 0 aliphatic carbocycles. The predicted molar refractivity (Wildman–Crippen MR) is 86.1 cm³/mol. The zero-order valence-corrected chi connectivity index (χ0v) is 13.7. The molecule has 2 N–H and O–H groups in total. The van der Waals surface area contributed by atoms with Crippen LogP contribution in [0, 0.1) is 11.3 Å². The average Bonchev–Trinajstić information content (AvgIpc) is 2.54. The zero-order chi connectivity index (χ0) is 17.0. The lowest BCUT2D eigenvalue weighted by Crippen LogP contribution is -2.26. The summed E-state index contributed by atoms with van der Waals surface area (Å²) in [5.41, 5.74) is 7.10. The van der Waals surface area contributed by atoms with Gasteiger partial charge >= 0.3 is 5.97 Å². The first-order valence-corrected chi connectivity index (χ1v) is 7.64. The molecule has 0 spiro atoms. The molecule has 1 atom stereocenters. The van der Waals surface area contributed by atoms with Crippen LogP contribution in [0.2, 0.25) is 5.02 Å². The van der Waals surface area contributed by atoms with Crippen molar-refractivity contribution in [2.45, 2.75) is 26.2 Å². The molecule has 0 bridgehead atoms. The number of nitriles is 1. The molecule has 2 rings (SSSR count). The van der Waals surface area contributed by atoms with E-state index in [0.717, 1.165) is 5.56 Å². The van der Waals surface area contributed by atoms with Crippen LogP contribution >= 0.6 is 11.6 Å². The van der Waals surface area contributed by atoms with Gasteiger partial charge < -0.3 is 15.2 Å². The summed E-state index contributed by atoms with van der Waals surface area (Å²) in [6.07, 6.45) is 0.456. The van der Waals surface area contributed by atoms with E-state index in [2.05, 4.69) is 0 Å².